The molecule has 74 valence electrons. The Labute approximate surface area is 95.9 Å². The van der Waals surface area contributed by atoms with Crippen LogP contribution in [0.3, 0.4) is 0 Å². The number of hydrogen-bond donors (Lipinski definition) is 1. The van der Waals surface area contributed by atoms with Gasteiger partial charge in [-0.2, -0.15) is 5.26 Å². The Morgan fingerprint density at radius 3 is 2.73 bits per heavy atom. The fraction of sp³-hybridized carbons (Fsp3) is 0.0909. The molecule has 4 heteroatoms. The molecular formula is C11H8BrN3. The lowest BCUT2D eigenvalue weighted by atomic mass is 10.1. The standard InChI is InChI=1S/C11H8BrN3/c1-7-11(15-10(6-13)14-7)8-4-2-3-5-9(8)12/h2-5H,1H3,(H,14,15). The molecule has 0 fully saturated rings. The Morgan fingerprint density at radius 2 is 2.13 bits per heavy atom. The number of H-pyrrole nitrogens is 1. The fourth-order valence-corrected chi connectivity index (χ4v) is 1.90. The van der Waals surface area contributed by atoms with E-state index in [0.29, 0.717) is 5.82 Å². The number of benzene rings is 1. The van der Waals surface area contributed by atoms with Crippen LogP contribution in [0, 0.1) is 18.3 Å². The Morgan fingerprint density at radius 1 is 1.40 bits per heavy atom. The number of aromatic amines is 1. The highest BCUT2D eigenvalue weighted by Crippen LogP contribution is 2.28. The first kappa shape index (κ1) is 9.94. The Kier molecular flexibility index (Phi) is 2.57. The third-order valence-corrected chi connectivity index (χ3v) is 2.81. The molecule has 0 atom stereocenters. The van der Waals surface area contributed by atoms with Gasteiger partial charge in [0, 0.05) is 15.7 Å². The van der Waals surface area contributed by atoms with Gasteiger partial charge in [-0.25, -0.2) is 4.98 Å². The monoisotopic (exact) mass is 261 g/mol. The van der Waals surface area contributed by atoms with Crippen molar-refractivity contribution in [1.29, 1.82) is 5.26 Å². The number of hydrogen-bond acceptors (Lipinski definition) is 2. The zero-order valence-electron chi connectivity index (χ0n) is 8.08. The van der Waals surface area contributed by atoms with Crippen LogP contribution < -0.4 is 0 Å². The summed E-state index contributed by atoms with van der Waals surface area (Å²) in [5, 5.41) is 8.74. The van der Waals surface area contributed by atoms with Crippen molar-refractivity contribution in [3.8, 4) is 17.3 Å². The van der Waals surface area contributed by atoms with Gasteiger partial charge in [0.1, 0.15) is 6.07 Å². The van der Waals surface area contributed by atoms with Gasteiger partial charge in [0.2, 0.25) is 5.82 Å². The molecule has 2 aromatic rings. The molecule has 1 N–H and O–H groups in total. The number of rotatable bonds is 1. The Bertz CT molecular complexity index is 537. The van der Waals surface area contributed by atoms with Crippen molar-refractivity contribution in [2.45, 2.75) is 6.92 Å². The quantitative estimate of drug-likeness (QED) is 0.858. The van der Waals surface area contributed by atoms with Crippen molar-refractivity contribution in [2.24, 2.45) is 0 Å². The summed E-state index contributed by atoms with van der Waals surface area (Å²) in [6.45, 7) is 1.91. The lowest BCUT2D eigenvalue weighted by Crippen LogP contribution is -1.82. The summed E-state index contributed by atoms with van der Waals surface area (Å²) in [6, 6.07) is 9.81. The minimum absolute atomic E-state index is 0.346. The van der Waals surface area contributed by atoms with Gasteiger partial charge >= 0.3 is 0 Å². The SMILES string of the molecule is Cc1[nH]c(C#N)nc1-c1ccccc1Br. The van der Waals surface area contributed by atoms with Crippen LogP contribution in [0.5, 0.6) is 0 Å². The van der Waals surface area contributed by atoms with Gasteiger partial charge in [-0.05, 0) is 13.0 Å². The van der Waals surface area contributed by atoms with E-state index in [1.54, 1.807) is 0 Å². The number of nitriles is 1. The second-order valence-corrected chi connectivity index (χ2v) is 4.01. The highest BCUT2D eigenvalue weighted by molar-refractivity contribution is 9.10. The van der Waals surface area contributed by atoms with Crippen LogP contribution in [0.15, 0.2) is 28.7 Å². The van der Waals surface area contributed by atoms with E-state index in [-0.39, 0.29) is 0 Å². The smallest absolute Gasteiger partial charge is 0.210 e. The largest absolute Gasteiger partial charge is 0.333 e. The van der Waals surface area contributed by atoms with Gasteiger partial charge < -0.3 is 4.98 Å². The highest BCUT2D eigenvalue weighted by atomic mass is 79.9. The van der Waals surface area contributed by atoms with Crippen LogP contribution in [0.4, 0.5) is 0 Å². The minimum Gasteiger partial charge on any atom is -0.333 e. The van der Waals surface area contributed by atoms with E-state index in [9.17, 15) is 0 Å². The van der Waals surface area contributed by atoms with E-state index in [4.69, 9.17) is 5.26 Å². The minimum atomic E-state index is 0.346. The third-order valence-electron chi connectivity index (χ3n) is 2.12. The molecule has 1 aromatic carbocycles. The number of aryl methyl sites for hydroxylation is 1. The van der Waals surface area contributed by atoms with Crippen LogP contribution in [0.2, 0.25) is 0 Å². The summed E-state index contributed by atoms with van der Waals surface area (Å²) in [7, 11) is 0. The molecule has 0 unspecified atom stereocenters. The van der Waals surface area contributed by atoms with Crippen molar-refractivity contribution in [1.82, 2.24) is 9.97 Å². The van der Waals surface area contributed by atoms with E-state index in [2.05, 4.69) is 25.9 Å². The fourth-order valence-electron chi connectivity index (χ4n) is 1.43. The zero-order chi connectivity index (χ0) is 10.8. The van der Waals surface area contributed by atoms with Gasteiger partial charge in [-0.3, -0.25) is 0 Å². The molecule has 15 heavy (non-hydrogen) atoms. The second kappa shape index (κ2) is 3.87. The van der Waals surface area contributed by atoms with E-state index in [1.165, 1.54) is 0 Å². The summed E-state index contributed by atoms with van der Waals surface area (Å²) < 4.78 is 0.976. The van der Waals surface area contributed by atoms with Crippen LogP contribution in [0.1, 0.15) is 11.5 Å². The molecule has 3 nitrogen and oxygen atoms in total. The highest BCUT2D eigenvalue weighted by Gasteiger charge is 2.10. The van der Waals surface area contributed by atoms with E-state index < -0.39 is 0 Å². The van der Waals surface area contributed by atoms with Crippen molar-refractivity contribution >= 4 is 15.9 Å². The molecule has 0 saturated heterocycles. The van der Waals surface area contributed by atoms with Gasteiger partial charge in [0.25, 0.3) is 0 Å². The number of aromatic nitrogens is 2. The number of nitrogens with one attached hydrogen (secondary N) is 1. The molecule has 0 aliphatic heterocycles. The zero-order valence-corrected chi connectivity index (χ0v) is 9.67. The topological polar surface area (TPSA) is 52.5 Å². The molecule has 0 saturated carbocycles. The van der Waals surface area contributed by atoms with E-state index >= 15 is 0 Å². The normalized spacial score (nSPS) is 9.93. The molecule has 2 rings (SSSR count). The summed E-state index contributed by atoms with van der Waals surface area (Å²) in [5.41, 5.74) is 2.71. The molecule has 1 heterocycles. The first-order chi connectivity index (χ1) is 7.22. The maximum absolute atomic E-state index is 8.74. The second-order valence-electron chi connectivity index (χ2n) is 3.15. The third kappa shape index (κ3) is 1.79. The van der Waals surface area contributed by atoms with Crippen LogP contribution in [-0.4, -0.2) is 9.97 Å². The maximum Gasteiger partial charge on any atom is 0.210 e. The van der Waals surface area contributed by atoms with Crippen molar-refractivity contribution in [2.75, 3.05) is 0 Å². The summed E-state index contributed by atoms with van der Waals surface area (Å²) in [6.07, 6.45) is 0. The van der Waals surface area contributed by atoms with Crippen molar-refractivity contribution in [3.05, 3.63) is 40.3 Å². The van der Waals surface area contributed by atoms with Gasteiger partial charge in [0.05, 0.1) is 5.69 Å². The summed E-state index contributed by atoms with van der Waals surface area (Å²) in [5.74, 6) is 0.346. The van der Waals surface area contributed by atoms with Crippen molar-refractivity contribution in [3.63, 3.8) is 0 Å². The molecule has 0 spiro atoms. The number of nitrogens with zero attached hydrogens (tertiary/aromatic N) is 2. The van der Waals surface area contributed by atoms with Gasteiger partial charge in [-0.1, -0.05) is 34.1 Å². The molecular weight excluding hydrogens is 254 g/mol. The molecule has 0 aliphatic rings. The molecule has 0 amide bonds. The first-order valence-electron chi connectivity index (χ1n) is 4.44. The predicted octanol–water partition coefficient (Wildman–Crippen LogP) is 3.02. The van der Waals surface area contributed by atoms with Gasteiger partial charge in [0.15, 0.2) is 0 Å². The van der Waals surface area contributed by atoms with E-state index in [0.717, 1.165) is 21.4 Å². The van der Waals surface area contributed by atoms with Crippen LogP contribution in [0.25, 0.3) is 11.3 Å². The van der Waals surface area contributed by atoms with Gasteiger partial charge in [-0.15, -0.1) is 0 Å². The number of halogens is 1. The Hall–Kier alpha value is -1.60. The first-order valence-corrected chi connectivity index (χ1v) is 5.23. The average molecular weight is 262 g/mol. The number of imidazole rings is 1. The lowest BCUT2D eigenvalue weighted by molar-refractivity contribution is 1.20. The molecule has 0 radical (unpaired) electrons. The average Bonchev–Trinajstić information content (AvgIpc) is 2.60. The predicted molar refractivity (Wildman–Crippen MR) is 61.2 cm³/mol. The van der Waals surface area contributed by atoms with Crippen molar-refractivity contribution < 1.29 is 0 Å². The van der Waals surface area contributed by atoms with Crippen LogP contribution >= 0.6 is 15.9 Å². The Balaban J connectivity index is 2.60. The summed E-state index contributed by atoms with van der Waals surface area (Å²) >= 11 is 3.46. The molecule has 1 aromatic heterocycles. The van der Waals surface area contributed by atoms with E-state index in [1.807, 2.05) is 37.3 Å². The maximum atomic E-state index is 8.74. The molecule has 0 bridgehead atoms. The molecule has 0 aliphatic carbocycles. The van der Waals surface area contributed by atoms with Crippen LogP contribution in [-0.2, 0) is 0 Å². The summed E-state index contributed by atoms with van der Waals surface area (Å²) in [4.78, 5) is 7.14. The lowest BCUT2D eigenvalue weighted by Gasteiger charge is -2.00.